The van der Waals surface area contributed by atoms with Crippen LogP contribution >= 0.6 is 22.9 Å². The molecule has 1 N–H and O–H groups in total. The second-order valence-electron chi connectivity index (χ2n) is 11.0. The molecule has 9 heteroatoms. The number of hydrogen-bond donors (Lipinski definition) is 1. The predicted molar refractivity (Wildman–Crippen MR) is 133 cm³/mol. The minimum Gasteiger partial charge on any atom is -0.444 e. The highest BCUT2D eigenvalue weighted by Gasteiger charge is 2.39. The number of likely N-dealkylation sites (tertiary alicyclic amines) is 1. The topological polar surface area (TPSA) is 76.5 Å². The summed E-state index contributed by atoms with van der Waals surface area (Å²) in [5, 5.41) is 8.12. The fourth-order valence-corrected chi connectivity index (χ4v) is 4.86. The lowest BCUT2D eigenvalue weighted by molar-refractivity contribution is 0.0142. The molecule has 1 atom stereocenters. The Labute approximate surface area is 205 Å². The number of anilines is 1. The van der Waals surface area contributed by atoms with Gasteiger partial charge >= 0.3 is 6.09 Å². The van der Waals surface area contributed by atoms with Crippen molar-refractivity contribution in [3.63, 3.8) is 0 Å². The van der Waals surface area contributed by atoms with Gasteiger partial charge in [-0.1, -0.05) is 39.3 Å². The van der Waals surface area contributed by atoms with Crippen molar-refractivity contribution in [3.8, 4) is 0 Å². The molecule has 1 amide bonds. The molecule has 2 aromatic rings. The lowest BCUT2D eigenvalue weighted by Gasteiger charge is -2.39. The summed E-state index contributed by atoms with van der Waals surface area (Å²) in [6.45, 7) is 15.0. The van der Waals surface area contributed by atoms with Crippen molar-refractivity contribution in [2.75, 3.05) is 18.4 Å². The van der Waals surface area contributed by atoms with Crippen molar-refractivity contribution < 1.29 is 14.3 Å². The highest BCUT2D eigenvalue weighted by atomic mass is 35.5. The zero-order chi connectivity index (χ0) is 24.6. The van der Waals surface area contributed by atoms with E-state index >= 15 is 0 Å². The third kappa shape index (κ3) is 6.29. The number of halogens is 1. The summed E-state index contributed by atoms with van der Waals surface area (Å²) in [7, 11) is 0. The smallest absolute Gasteiger partial charge is 0.410 e. The van der Waals surface area contributed by atoms with Crippen LogP contribution in [0, 0.1) is 5.41 Å². The van der Waals surface area contributed by atoms with Crippen molar-refractivity contribution in [3.05, 3.63) is 33.1 Å². The van der Waals surface area contributed by atoms with Gasteiger partial charge in [0.15, 0.2) is 0 Å². The van der Waals surface area contributed by atoms with Gasteiger partial charge in [0.1, 0.15) is 11.4 Å². The number of nitrogens with one attached hydrogen (secondary N) is 1. The third-order valence-corrected chi connectivity index (χ3v) is 6.81. The number of piperidine rings is 1. The van der Waals surface area contributed by atoms with Crippen LogP contribution in [0.2, 0.25) is 4.34 Å². The molecule has 0 aliphatic carbocycles. The van der Waals surface area contributed by atoms with E-state index in [9.17, 15) is 9.59 Å². The predicted octanol–water partition coefficient (Wildman–Crippen LogP) is 6.19. The highest BCUT2D eigenvalue weighted by molar-refractivity contribution is 7.16. The van der Waals surface area contributed by atoms with E-state index in [-0.39, 0.29) is 17.4 Å². The minimum atomic E-state index is -0.595. The lowest BCUT2D eigenvalue weighted by Crippen LogP contribution is -2.48. The molecule has 7 nitrogen and oxygen atoms in total. The first-order chi connectivity index (χ1) is 15.2. The number of aromatic nitrogens is 2. The van der Waals surface area contributed by atoms with Crippen molar-refractivity contribution in [1.29, 1.82) is 0 Å². The fraction of sp³-hybridized carbons (Fsp3) is 0.625. The van der Waals surface area contributed by atoms with Crippen LogP contribution in [0.4, 0.5) is 10.6 Å². The number of carbonyl (C=O) groups is 2. The summed E-state index contributed by atoms with van der Waals surface area (Å²) in [5.74, 6) is 0.550. The first-order valence-corrected chi connectivity index (χ1v) is 12.5. The number of thiophene rings is 1. The number of amides is 1. The largest absolute Gasteiger partial charge is 0.444 e. The van der Waals surface area contributed by atoms with E-state index in [0.717, 1.165) is 27.7 Å². The van der Waals surface area contributed by atoms with Crippen LogP contribution in [0.3, 0.4) is 0 Å². The minimum absolute atomic E-state index is 0.0936. The summed E-state index contributed by atoms with van der Waals surface area (Å²) in [5.41, 5.74) is -0.739. The molecule has 0 spiro atoms. The van der Waals surface area contributed by atoms with Crippen molar-refractivity contribution in [2.24, 2.45) is 5.41 Å². The molecule has 0 aromatic carbocycles. The average molecular weight is 495 g/mol. The van der Waals surface area contributed by atoms with Gasteiger partial charge in [-0.2, -0.15) is 9.78 Å². The van der Waals surface area contributed by atoms with Gasteiger partial charge in [-0.15, -0.1) is 11.3 Å². The Kier molecular flexibility index (Phi) is 7.20. The normalized spacial score (nSPS) is 19.5. The summed E-state index contributed by atoms with van der Waals surface area (Å²) in [4.78, 5) is 28.7. The van der Waals surface area contributed by atoms with Gasteiger partial charge in [0.25, 0.3) is 5.91 Å². The monoisotopic (exact) mass is 494 g/mol. The van der Waals surface area contributed by atoms with E-state index in [0.29, 0.717) is 25.5 Å². The second kappa shape index (κ2) is 9.29. The van der Waals surface area contributed by atoms with E-state index in [2.05, 4.69) is 12.2 Å². The van der Waals surface area contributed by atoms with Gasteiger partial charge in [0.2, 0.25) is 0 Å². The molecule has 0 radical (unpaired) electrons. The van der Waals surface area contributed by atoms with Crippen molar-refractivity contribution in [2.45, 2.75) is 78.9 Å². The molecule has 2 aromatic heterocycles. The average Bonchev–Trinajstić information content (AvgIpc) is 3.30. The van der Waals surface area contributed by atoms with Crippen LogP contribution in [0.15, 0.2) is 18.2 Å². The molecule has 0 bridgehead atoms. The Morgan fingerprint density at radius 1 is 1.24 bits per heavy atom. The van der Waals surface area contributed by atoms with Crippen LogP contribution < -0.4 is 5.32 Å². The van der Waals surface area contributed by atoms with Gasteiger partial charge in [-0.3, -0.25) is 4.79 Å². The van der Waals surface area contributed by atoms with Crippen LogP contribution in [-0.4, -0.2) is 45.4 Å². The Hall–Kier alpha value is -2.06. The van der Waals surface area contributed by atoms with E-state index in [1.165, 1.54) is 16.0 Å². The first kappa shape index (κ1) is 25.6. The van der Waals surface area contributed by atoms with Crippen LogP contribution in [0.25, 0.3) is 0 Å². The van der Waals surface area contributed by atoms with Gasteiger partial charge in [0, 0.05) is 34.9 Å². The van der Waals surface area contributed by atoms with Crippen LogP contribution in [0.5, 0.6) is 0 Å². The summed E-state index contributed by atoms with van der Waals surface area (Å²) >= 11 is 7.56. The molecule has 1 saturated heterocycles. The van der Waals surface area contributed by atoms with Gasteiger partial charge in [-0.05, 0) is 45.7 Å². The summed E-state index contributed by atoms with van der Waals surface area (Å²) < 4.78 is 7.79. The maximum atomic E-state index is 13.2. The van der Waals surface area contributed by atoms with Crippen molar-refractivity contribution in [1.82, 2.24) is 14.7 Å². The third-order valence-electron chi connectivity index (χ3n) is 5.58. The number of ether oxygens (including phenoxy) is 1. The highest BCUT2D eigenvalue weighted by Crippen LogP contribution is 2.36. The number of carbonyl (C=O) groups excluding carboxylic acids is 2. The molecular formula is C24H35ClN4O3S. The molecule has 3 heterocycles. The van der Waals surface area contributed by atoms with Crippen LogP contribution in [-0.2, 0) is 16.7 Å². The standard InChI is InChI=1S/C24H35ClN4O3S/c1-22(2,3)20(30)29-19(26-14-16-9-10-18(25)33-16)13-17(27-29)24(7)11-8-12-28(15-24)21(31)32-23(4,5)6/h9-10,13,26H,8,11-12,14-15H2,1-7H3. The second-order valence-corrected chi connectivity index (χ2v) is 12.8. The van der Waals surface area contributed by atoms with Crippen LogP contribution in [0.1, 0.15) is 76.7 Å². The molecule has 1 aliphatic rings. The van der Waals surface area contributed by atoms with Gasteiger partial charge < -0.3 is 15.0 Å². The SMILES string of the molecule is CC(C)(C)OC(=O)N1CCCC(C)(c2cc(NCc3ccc(Cl)s3)n(C(=O)C(C)(C)C)n2)C1. The molecule has 3 rings (SSSR count). The van der Waals surface area contributed by atoms with Gasteiger partial charge in [-0.25, -0.2) is 4.79 Å². The van der Waals surface area contributed by atoms with E-state index in [1.54, 1.807) is 4.90 Å². The first-order valence-electron chi connectivity index (χ1n) is 11.3. The number of hydrogen-bond acceptors (Lipinski definition) is 6. The van der Waals surface area contributed by atoms with E-state index in [4.69, 9.17) is 21.4 Å². The number of nitrogens with zero attached hydrogens (tertiary/aromatic N) is 3. The zero-order valence-electron chi connectivity index (χ0n) is 20.6. The maximum absolute atomic E-state index is 13.2. The fourth-order valence-electron chi connectivity index (χ4n) is 3.83. The summed E-state index contributed by atoms with van der Waals surface area (Å²) in [6.07, 6.45) is 1.39. The van der Waals surface area contributed by atoms with E-state index in [1.807, 2.05) is 59.7 Å². The molecule has 1 aliphatic heterocycles. The molecule has 182 valence electrons. The zero-order valence-corrected chi connectivity index (χ0v) is 22.2. The number of rotatable bonds is 4. The Bertz CT molecular complexity index is 1020. The Balaban J connectivity index is 1.88. The summed E-state index contributed by atoms with van der Waals surface area (Å²) in [6, 6.07) is 5.77. The maximum Gasteiger partial charge on any atom is 0.410 e. The quantitative estimate of drug-likeness (QED) is 0.548. The molecule has 1 fully saturated rings. The Morgan fingerprint density at radius 3 is 2.52 bits per heavy atom. The molecule has 33 heavy (non-hydrogen) atoms. The molecule has 1 unspecified atom stereocenters. The van der Waals surface area contributed by atoms with E-state index < -0.39 is 11.0 Å². The Morgan fingerprint density at radius 2 is 1.94 bits per heavy atom. The lowest BCUT2D eigenvalue weighted by atomic mass is 9.79. The van der Waals surface area contributed by atoms with Crippen molar-refractivity contribution >= 4 is 40.8 Å². The molecule has 0 saturated carbocycles. The molecular weight excluding hydrogens is 460 g/mol. The van der Waals surface area contributed by atoms with Gasteiger partial charge in [0.05, 0.1) is 16.6 Å².